The van der Waals surface area contributed by atoms with Gasteiger partial charge in [-0.05, 0) is 35.7 Å². The van der Waals surface area contributed by atoms with Crippen LogP contribution >= 0.6 is 0 Å². The number of ether oxygens (including phenoxy) is 1. The molecule has 2 aromatic carbocycles. The zero-order chi connectivity index (χ0) is 19.4. The average Bonchev–Trinajstić information content (AvgIpc) is 2.58. The van der Waals surface area contributed by atoms with E-state index in [1.54, 1.807) is 6.07 Å². The molecule has 0 spiro atoms. The molecule has 0 unspecified atom stereocenters. The molecule has 0 saturated carbocycles. The minimum absolute atomic E-state index is 0.0575. The lowest BCUT2D eigenvalue weighted by molar-refractivity contribution is -0.137. The third kappa shape index (κ3) is 5.22. The molecule has 0 saturated heterocycles. The Kier molecular flexibility index (Phi) is 6.30. The summed E-state index contributed by atoms with van der Waals surface area (Å²) in [6.07, 6.45) is -4.60. The van der Waals surface area contributed by atoms with E-state index in [1.165, 1.54) is 0 Å². The van der Waals surface area contributed by atoms with E-state index in [2.05, 4.69) is 4.72 Å². The Bertz CT molecular complexity index is 849. The van der Waals surface area contributed by atoms with Gasteiger partial charge in [-0.1, -0.05) is 38.1 Å². The van der Waals surface area contributed by atoms with Gasteiger partial charge in [-0.15, -0.1) is 0 Å². The first kappa shape index (κ1) is 20.3. The molecule has 0 aromatic heterocycles. The Labute approximate surface area is 151 Å². The van der Waals surface area contributed by atoms with Crippen LogP contribution in [-0.4, -0.2) is 21.6 Å². The molecule has 4 nitrogen and oxygen atoms in total. The van der Waals surface area contributed by atoms with Crippen molar-refractivity contribution in [2.75, 3.05) is 13.2 Å². The molecule has 0 aliphatic rings. The Morgan fingerprint density at radius 3 is 2.42 bits per heavy atom. The molecule has 0 aliphatic carbocycles. The number of nitrogens with one attached hydrogen (secondary N) is 1. The fourth-order valence-corrected chi connectivity index (χ4v) is 3.41. The van der Waals surface area contributed by atoms with E-state index in [1.807, 2.05) is 32.0 Å². The summed E-state index contributed by atoms with van der Waals surface area (Å²) in [6.45, 7) is 4.02. The molecule has 0 fully saturated rings. The van der Waals surface area contributed by atoms with Crippen molar-refractivity contribution in [1.82, 2.24) is 4.72 Å². The summed E-state index contributed by atoms with van der Waals surface area (Å²) in [7, 11) is -4.05. The molecule has 26 heavy (non-hydrogen) atoms. The standard InChI is InChI=1S/C18H20F3NO3S/c1-13(2)16-8-3-4-9-17(16)25-11-10-22-26(23,24)15-7-5-6-14(12-15)18(19,20)21/h3-9,12-13,22H,10-11H2,1-2H3. The number of alkyl halides is 3. The third-order valence-corrected chi connectivity index (χ3v) is 5.12. The Balaban J connectivity index is 1.99. The van der Waals surface area contributed by atoms with Crippen LogP contribution < -0.4 is 9.46 Å². The van der Waals surface area contributed by atoms with E-state index in [0.29, 0.717) is 11.8 Å². The van der Waals surface area contributed by atoms with E-state index in [-0.39, 0.29) is 19.1 Å². The van der Waals surface area contributed by atoms with Crippen LogP contribution in [0.15, 0.2) is 53.4 Å². The summed E-state index contributed by atoms with van der Waals surface area (Å²) < 4.78 is 70.3. The molecule has 0 bridgehead atoms. The van der Waals surface area contributed by atoms with E-state index in [4.69, 9.17) is 4.74 Å². The highest BCUT2D eigenvalue weighted by molar-refractivity contribution is 7.89. The van der Waals surface area contributed by atoms with Crippen LogP contribution in [0.4, 0.5) is 13.2 Å². The van der Waals surface area contributed by atoms with Crippen molar-refractivity contribution in [3.63, 3.8) is 0 Å². The molecule has 0 radical (unpaired) electrons. The maximum atomic E-state index is 12.7. The SMILES string of the molecule is CC(C)c1ccccc1OCCNS(=O)(=O)c1cccc(C(F)(F)F)c1. The number of hydrogen-bond acceptors (Lipinski definition) is 3. The van der Waals surface area contributed by atoms with Gasteiger partial charge in [0.05, 0.1) is 10.5 Å². The topological polar surface area (TPSA) is 55.4 Å². The van der Waals surface area contributed by atoms with Crippen LogP contribution in [0.1, 0.15) is 30.9 Å². The normalized spacial score (nSPS) is 12.4. The maximum Gasteiger partial charge on any atom is 0.416 e. The Hall–Kier alpha value is -2.06. The predicted molar refractivity (Wildman–Crippen MR) is 92.7 cm³/mol. The second kappa shape index (κ2) is 8.09. The van der Waals surface area contributed by atoms with Gasteiger partial charge in [0.15, 0.2) is 0 Å². The fourth-order valence-electron chi connectivity index (χ4n) is 2.35. The van der Waals surface area contributed by atoms with Crippen molar-refractivity contribution < 1.29 is 26.3 Å². The molecule has 0 aliphatic heterocycles. The molecule has 2 rings (SSSR count). The molecule has 2 aromatic rings. The summed E-state index contributed by atoms with van der Waals surface area (Å²) in [4.78, 5) is -0.435. The third-order valence-electron chi connectivity index (χ3n) is 3.66. The number of benzene rings is 2. The number of hydrogen-bond donors (Lipinski definition) is 1. The largest absolute Gasteiger partial charge is 0.492 e. The number of sulfonamides is 1. The lowest BCUT2D eigenvalue weighted by atomic mass is 10.0. The summed E-state index contributed by atoms with van der Waals surface area (Å²) >= 11 is 0. The lowest BCUT2D eigenvalue weighted by Gasteiger charge is -2.14. The van der Waals surface area contributed by atoms with Crippen molar-refractivity contribution in [3.8, 4) is 5.75 Å². The van der Waals surface area contributed by atoms with Crippen LogP contribution in [0, 0.1) is 0 Å². The molecular formula is C18H20F3NO3S. The smallest absolute Gasteiger partial charge is 0.416 e. The van der Waals surface area contributed by atoms with Gasteiger partial charge in [0.2, 0.25) is 10.0 Å². The van der Waals surface area contributed by atoms with Crippen molar-refractivity contribution in [3.05, 3.63) is 59.7 Å². The number of halogens is 3. The first-order valence-electron chi connectivity index (χ1n) is 8.00. The average molecular weight is 387 g/mol. The molecule has 8 heteroatoms. The van der Waals surface area contributed by atoms with Gasteiger partial charge in [0, 0.05) is 6.54 Å². The van der Waals surface area contributed by atoms with E-state index in [9.17, 15) is 21.6 Å². The van der Waals surface area contributed by atoms with Gasteiger partial charge in [0.1, 0.15) is 12.4 Å². The quantitative estimate of drug-likeness (QED) is 0.725. The highest BCUT2D eigenvalue weighted by Crippen LogP contribution is 2.30. The minimum Gasteiger partial charge on any atom is -0.492 e. The van der Waals surface area contributed by atoms with E-state index < -0.39 is 26.7 Å². The Morgan fingerprint density at radius 2 is 1.77 bits per heavy atom. The van der Waals surface area contributed by atoms with Crippen molar-refractivity contribution in [2.45, 2.75) is 30.8 Å². The summed E-state index contributed by atoms with van der Waals surface area (Å²) in [5.41, 5.74) is -0.0179. The molecule has 142 valence electrons. The fraction of sp³-hybridized carbons (Fsp3) is 0.333. The number of para-hydroxylation sites is 1. The first-order chi connectivity index (χ1) is 12.1. The second-order valence-electron chi connectivity index (χ2n) is 5.96. The van der Waals surface area contributed by atoms with Crippen LogP contribution in [-0.2, 0) is 16.2 Å². The summed E-state index contributed by atoms with van der Waals surface area (Å²) in [5.74, 6) is 0.897. The predicted octanol–water partition coefficient (Wildman–Crippen LogP) is 4.19. The van der Waals surface area contributed by atoms with Gasteiger partial charge < -0.3 is 4.74 Å². The van der Waals surface area contributed by atoms with Gasteiger partial charge in [-0.25, -0.2) is 13.1 Å². The highest BCUT2D eigenvalue weighted by atomic mass is 32.2. The zero-order valence-corrected chi connectivity index (χ0v) is 15.2. The first-order valence-corrected chi connectivity index (χ1v) is 9.48. The molecule has 0 amide bonds. The van der Waals surface area contributed by atoms with E-state index >= 15 is 0 Å². The van der Waals surface area contributed by atoms with Gasteiger partial charge in [-0.2, -0.15) is 13.2 Å². The van der Waals surface area contributed by atoms with Crippen molar-refractivity contribution in [1.29, 1.82) is 0 Å². The van der Waals surface area contributed by atoms with E-state index in [0.717, 1.165) is 23.8 Å². The van der Waals surface area contributed by atoms with Crippen molar-refractivity contribution >= 4 is 10.0 Å². The monoisotopic (exact) mass is 387 g/mol. The molecular weight excluding hydrogens is 367 g/mol. The van der Waals surface area contributed by atoms with Crippen LogP contribution in [0.25, 0.3) is 0 Å². The zero-order valence-electron chi connectivity index (χ0n) is 14.4. The van der Waals surface area contributed by atoms with Gasteiger partial charge in [0.25, 0.3) is 0 Å². The van der Waals surface area contributed by atoms with Gasteiger partial charge >= 0.3 is 6.18 Å². The van der Waals surface area contributed by atoms with Crippen LogP contribution in [0.5, 0.6) is 5.75 Å². The van der Waals surface area contributed by atoms with Crippen LogP contribution in [0.3, 0.4) is 0 Å². The minimum atomic E-state index is -4.60. The van der Waals surface area contributed by atoms with Crippen LogP contribution in [0.2, 0.25) is 0 Å². The summed E-state index contributed by atoms with van der Waals surface area (Å²) in [5, 5.41) is 0. The highest BCUT2D eigenvalue weighted by Gasteiger charge is 2.31. The maximum absolute atomic E-state index is 12.7. The number of rotatable bonds is 7. The van der Waals surface area contributed by atoms with Crippen molar-refractivity contribution in [2.24, 2.45) is 0 Å². The second-order valence-corrected chi connectivity index (χ2v) is 7.73. The molecule has 1 N–H and O–H groups in total. The van der Waals surface area contributed by atoms with Gasteiger partial charge in [-0.3, -0.25) is 0 Å². The summed E-state index contributed by atoms with van der Waals surface area (Å²) in [6, 6.07) is 11.0. The Morgan fingerprint density at radius 1 is 1.08 bits per heavy atom. The lowest BCUT2D eigenvalue weighted by Crippen LogP contribution is -2.28. The molecule has 0 atom stereocenters. The molecule has 0 heterocycles.